The summed E-state index contributed by atoms with van der Waals surface area (Å²) in [5, 5.41) is 0. The second-order valence-electron chi connectivity index (χ2n) is 11.0. The van der Waals surface area contributed by atoms with Gasteiger partial charge in [0.15, 0.2) is 0 Å². The number of hydrogen-bond donors (Lipinski definition) is 0. The molecule has 0 heterocycles. The molecule has 1 saturated carbocycles. The Morgan fingerprint density at radius 3 is 2.58 bits per heavy atom. The lowest BCUT2D eigenvalue weighted by atomic mass is 9.72. The molecule has 0 amide bonds. The number of hydrogen-bond acceptors (Lipinski definition) is 3. The van der Waals surface area contributed by atoms with E-state index in [-0.39, 0.29) is 11.3 Å². The molecule has 0 aliphatic heterocycles. The molecule has 1 aliphatic rings. The van der Waals surface area contributed by atoms with Crippen molar-refractivity contribution in [3.8, 4) is 5.75 Å². The van der Waals surface area contributed by atoms with Gasteiger partial charge in [0.25, 0.3) is 0 Å². The van der Waals surface area contributed by atoms with E-state index in [0.29, 0.717) is 37.6 Å². The van der Waals surface area contributed by atoms with Crippen molar-refractivity contribution in [2.45, 2.75) is 103 Å². The SMILES string of the molecule is CCCCCCC(C)(C)c1ccc([C@H]2CC(=O)CC[C@@H]2CC=CCC=O)c(OCc2ccccc2)c1. The fourth-order valence-electron chi connectivity index (χ4n) is 5.39. The Kier molecular flexibility index (Phi) is 11.0. The van der Waals surface area contributed by atoms with Gasteiger partial charge in [-0.05, 0) is 59.3 Å². The average molecular weight is 489 g/mol. The summed E-state index contributed by atoms with van der Waals surface area (Å²) < 4.78 is 6.51. The number of ketones is 1. The van der Waals surface area contributed by atoms with E-state index in [0.717, 1.165) is 42.4 Å². The maximum absolute atomic E-state index is 12.6. The second-order valence-corrected chi connectivity index (χ2v) is 11.0. The molecule has 0 aromatic heterocycles. The minimum Gasteiger partial charge on any atom is -0.489 e. The van der Waals surface area contributed by atoms with Gasteiger partial charge in [0.05, 0.1) is 0 Å². The van der Waals surface area contributed by atoms with Crippen molar-refractivity contribution >= 4 is 12.1 Å². The molecule has 36 heavy (non-hydrogen) atoms. The summed E-state index contributed by atoms with van der Waals surface area (Å²) in [4.78, 5) is 23.3. The molecule has 2 aromatic rings. The van der Waals surface area contributed by atoms with Gasteiger partial charge in [-0.2, -0.15) is 0 Å². The highest BCUT2D eigenvalue weighted by Crippen LogP contribution is 2.44. The lowest BCUT2D eigenvalue weighted by Gasteiger charge is -2.33. The lowest BCUT2D eigenvalue weighted by Crippen LogP contribution is -2.24. The van der Waals surface area contributed by atoms with Crippen molar-refractivity contribution in [2.24, 2.45) is 5.92 Å². The van der Waals surface area contributed by atoms with E-state index < -0.39 is 0 Å². The molecule has 3 rings (SSSR count). The summed E-state index contributed by atoms with van der Waals surface area (Å²) in [6.45, 7) is 7.43. The molecule has 1 fully saturated rings. The van der Waals surface area contributed by atoms with E-state index in [9.17, 15) is 9.59 Å². The van der Waals surface area contributed by atoms with Crippen LogP contribution >= 0.6 is 0 Å². The monoisotopic (exact) mass is 488 g/mol. The van der Waals surface area contributed by atoms with E-state index in [1.165, 1.54) is 31.2 Å². The summed E-state index contributed by atoms with van der Waals surface area (Å²) in [7, 11) is 0. The molecule has 2 atom stereocenters. The molecular weight excluding hydrogens is 444 g/mol. The third kappa shape index (κ3) is 8.18. The minimum absolute atomic E-state index is 0.0660. The molecule has 0 unspecified atom stereocenters. The van der Waals surface area contributed by atoms with Gasteiger partial charge in [-0.25, -0.2) is 0 Å². The van der Waals surface area contributed by atoms with Crippen LogP contribution in [0.1, 0.15) is 108 Å². The predicted octanol–water partition coefficient (Wildman–Crippen LogP) is 8.50. The zero-order valence-electron chi connectivity index (χ0n) is 22.5. The molecule has 0 radical (unpaired) electrons. The van der Waals surface area contributed by atoms with Gasteiger partial charge in [-0.15, -0.1) is 0 Å². The topological polar surface area (TPSA) is 43.4 Å². The summed E-state index contributed by atoms with van der Waals surface area (Å²) in [5.74, 6) is 1.76. The van der Waals surface area contributed by atoms with Crippen LogP contribution in [0.2, 0.25) is 0 Å². The van der Waals surface area contributed by atoms with E-state index in [1.807, 2.05) is 24.3 Å². The van der Waals surface area contributed by atoms with E-state index >= 15 is 0 Å². The van der Waals surface area contributed by atoms with Crippen LogP contribution in [0.3, 0.4) is 0 Å². The Labute approximate surface area is 218 Å². The number of allylic oxidation sites excluding steroid dienone is 2. The molecule has 0 N–H and O–H groups in total. The van der Waals surface area contributed by atoms with Gasteiger partial charge < -0.3 is 9.53 Å². The largest absolute Gasteiger partial charge is 0.489 e. The van der Waals surface area contributed by atoms with E-state index in [2.05, 4.69) is 57.2 Å². The third-order valence-electron chi connectivity index (χ3n) is 7.74. The van der Waals surface area contributed by atoms with Crippen LogP contribution in [0, 0.1) is 5.92 Å². The average Bonchev–Trinajstić information content (AvgIpc) is 2.89. The summed E-state index contributed by atoms with van der Waals surface area (Å²) in [6, 6.07) is 17.0. The van der Waals surface area contributed by atoms with Gasteiger partial charge in [0.1, 0.15) is 24.4 Å². The molecule has 0 spiro atoms. The molecule has 1 aliphatic carbocycles. The molecule has 0 bridgehead atoms. The third-order valence-corrected chi connectivity index (χ3v) is 7.74. The summed E-state index contributed by atoms with van der Waals surface area (Å²) in [6.07, 6.45) is 14.6. The van der Waals surface area contributed by atoms with Crippen molar-refractivity contribution in [2.75, 3.05) is 0 Å². The first-order valence-electron chi connectivity index (χ1n) is 13.9. The zero-order chi connectivity index (χ0) is 25.8. The van der Waals surface area contributed by atoms with Crippen molar-refractivity contribution in [3.63, 3.8) is 0 Å². The highest BCUT2D eigenvalue weighted by atomic mass is 16.5. The Bertz CT molecular complexity index is 989. The Hall–Kier alpha value is -2.68. The van der Waals surface area contributed by atoms with Crippen molar-refractivity contribution in [1.29, 1.82) is 0 Å². The minimum atomic E-state index is 0.0660. The standard InChI is InChI=1S/C33H44O3/c1-4-5-6-12-21-33(2,3)28-18-20-30(32(23-28)36-25-26-14-9-7-10-15-26)31-24-29(35)19-17-27(31)16-11-8-13-22-34/h7-11,14-15,18,20,22-23,27,31H,4-6,12-13,16-17,19,21,24-25H2,1-3H3/t27-,31-/m0/s1. The molecule has 0 saturated heterocycles. The highest BCUT2D eigenvalue weighted by Gasteiger charge is 2.32. The van der Waals surface area contributed by atoms with Gasteiger partial charge >= 0.3 is 0 Å². The first-order chi connectivity index (χ1) is 17.4. The number of aldehydes is 1. The molecular formula is C33H44O3. The smallest absolute Gasteiger partial charge is 0.133 e. The van der Waals surface area contributed by atoms with Crippen LogP contribution < -0.4 is 4.74 Å². The summed E-state index contributed by atoms with van der Waals surface area (Å²) in [5.41, 5.74) is 3.66. The first kappa shape index (κ1) is 27.9. The summed E-state index contributed by atoms with van der Waals surface area (Å²) >= 11 is 0. The van der Waals surface area contributed by atoms with Gasteiger partial charge in [0, 0.05) is 19.3 Å². The van der Waals surface area contributed by atoms with Crippen LogP contribution in [-0.4, -0.2) is 12.1 Å². The fourth-order valence-corrected chi connectivity index (χ4v) is 5.39. The second kappa shape index (κ2) is 14.2. The first-order valence-corrected chi connectivity index (χ1v) is 13.9. The number of carbonyl (C=O) groups is 2. The lowest BCUT2D eigenvalue weighted by molar-refractivity contribution is -0.121. The van der Waals surface area contributed by atoms with Crippen LogP contribution in [-0.2, 0) is 21.6 Å². The van der Waals surface area contributed by atoms with Gasteiger partial charge in [0.2, 0.25) is 0 Å². The number of rotatable bonds is 14. The zero-order valence-corrected chi connectivity index (χ0v) is 22.5. The predicted molar refractivity (Wildman–Crippen MR) is 149 cm³/mol. The number of carbonyl (C=O) groups excluding carboxylic acids is 2. The highest BCUT2D eigenvalue weighted by molar-refractivity contribution is 5.80. The quantitative estimate of drug-likeness (QED) is 0.152. The number of unbranched alkanes of at least 4 members (excludes halogenated alkanes) is 3. The van der Waals surface area contributed by atoms with Crippen molar-refractivity contribution in [1.82, 2.24) is 0 Å². The molecule has 3 heteroatoms. The Balaban J connectivity index is 1.89. The van der Waals surface area contributed by atoms with Crippen molar-refractivity contribution < 1.29 is 14.3 Å². The van der Waals surface area contributed by atoms with Crippen LogP contribution in [0.4, 0.5) is 0 Å². The van der Waals surface area contributed by atoms with Crippen LogP contribution in [0.5, 0.6) is 5.75 Å². The number of benzene rings is 2. The molecule has 3 nitrogen and oxygen atoms in total. The Morgan fingerprint density at radius 1 is 1.03 bits per heavy atom. The van der Waals surface area contributed by atoms with Gasteiger partial charge in [-0.3, -0.25) is 4.79 Å². The van der Waals surface area contributed by atoms with E-state index in [1.54, 1.807) is 0 Å². The van der Waals surface area contributed by atoms with Crippen LogP contribution in [0.15, 0.2) is 60.7 Å². The fraction of sp³-hybridized carbons (Fsp3) is 0.515. The molecule has 2 aromatic carbocycles. The maximum Gasteiger partial charge on any atom is 0.133 e. The van der Waals surface area contributed by atoms with E-state index in [4.69, 9.17) is 4.74 Å². The van der Waals surface area contributed by atoms with Crippen LogP contribution in [0.25, 0.3) is 0 Å². The van der Waals surface area contributed by atoms with Gasteiger partial charge in [-0.1, -0.05) is 101 Å². The van der Waals surface area contributed by atoms with Crippen molar-refractivity contribution in [3.05, 3.63) is 77.4 Å². The molecule has 194 valence electrons. The normalized spacial score (nSPS) is 18.5. The number of ether oxygens (including phenoxy) is 1. The number of Topliss-reactive ketones (excluding diaryl/α,β-unsaturated/α-hetero) is 1. The maximum atomic E-state index is 12.6. The Morgan fingerprint density at radius 2 is 1.83 bits per heavy atom.